The molecule has 0 atom stereocenters. The van der Waals surface area contributed by atoms with Gasteiger partial charge in [-0.05, 0) is 187 Å². The third-order valence-electron chi connectivity index (χ3n) is 16.3. The molecular weight excluding hydrogens is 690 g/mol. The van der Waals surface area contributed by atoms with E-state index in [1.807, 2.05) is 0 Å². The van der Waals surface area contributed by atoms with Crippen molar-refractivity contribution in [2.24, 2.45) is 53.3 Å². The van der Waals surface area contributed by atoms with Crippen LogP contribution in [0.4, 0.5) is 0 Å². The molecule has 0 N–H and O–H groups in total. The summed E-state index contributed by atoms with van der Waals surface area (Å²) in [5.41, 5.74) is 4.98. The molecule has 9 heteroatoms. The molecule has 0 saturated heterocycles. The Morgan fingerprint density at radius 2 is 0.653 bits per heavy atom. The average Bonchev–Trinajstić information content (AvgIpc) is 3.83. The summed E-state index contributed by atoms with van der Waals surface area (Å²) in [5.74, 6) is 8.33. The smallest absolute Gasteiger partial charge is 0.227 e. The predicted octanol–water partition coefficient (Wildman–Crippen LogP) is 9.61. The van der Waals surface area contributed by atoms with Gasteiger partial charge in [0, 0.05) is 34.8 Å². The Balaban J connectivity index is 0.000000936. The van der Waals surface area contributed by atoms with Gasteiger partial charge in [-0.2, -0.15) is 15.3 Å². The molecule has 15 rings (SSSR count). The molecule has 0 radical (unpaired) electrons. The third-order valence-corrected chi connectivity index (χ3v) is 16.3. The molecule has 0 aliphatic heterocycles. The Hall–Kier alpha value is -1.27. The molecule has 12 fully saturated rings. The minimum Gasteiger partial charge on any atom is -0.227 e. The van der Waals surface area contributed by atoms with E-state index in [9.17, 15) is 0 Å². The number of nitrogens with zero attached hydrogens (tertiary/aromatic N) is 6. The summed E-state index contributed by atoms with van der Waals surface area (Å²) in [6.07, 6.45) is 32.2. The van der Waals surface area contributed by atoms with Crippen molar-refractivity contribution in [3.05, 3.63) is 53.9 Å². The van der Waals surface area contributed by atoms with Crippen molar-refractivity contribution >= 4 is 20.2 Å². The van der Waals surface area contributed by atoms with Gasteiger partial charge in [0.15, 0.2) is 0 Å². The Kier molecular flexibility index (Phi) is 7.25. The zero-order valence-electron chi connectivity index (χ0n) is 28.8. The molecule has 263 valence electrons. The van der Waals surface area contributed by atoms with Crippen molar-refractivity contribution in [1.82, 2.24) is 29.3 Å². The zero-order valence-corrected chi connectivity index (χ0v) is 31.5. The monoisotopic (exact) mass is 741 g/mol. The first-order chi connectivity index (χ1) is 23.9. The topological polar surface area (TPSA) is 53.5 Å². The van der Waals surface area contributed by atoms with E-state index in [4.69, 9.17) is 35.5 Å². The molecule has 0 aromatic carbocycles. The van der Waals surface area contributed by atoms with Gasteiger partial charge in [0.05, 0.1) is 17.1 Å². The van der Waals surface area contributed by atoms with Crippen molar-refractivity contribution in [1.29, 1.82) is 0 Å². The minimum atomic E-state index is -0.187. The van der Waals surface area contributed by atoms with Crippen molar-refractivity contribution in [3.8, 4) is 0 Å². The first-order valence-electron chi connectivity index (χ1n) is 19.9. The molecule has 0 amide bonds. The summed E-state index contributed by atoms with van der Waals surface area (Å²) in [4.78, 5) is 0. The van der Waals surface area contributed by atoms with E-state index in [1.54, 1.807) is 0 Å². The van der Waals surface area contributed by atoms with Crippen LogP contribution in [0.25, 0.3) is 0 Å². The molecule has 12 aliphatic carbocycles. The van der Waals surface area contributed by atoms with E-state index in [0.29, 0.717) is 16.2 Å². The molecule has 0 unspecified atom stereocenters. The van der Waals surface area contributed by atoms with Gasteiger partial charge in [0.2, 0.25) is 6.29 Å². The molecule has 12 aliphatic rings. The van der Waals surface area contributed by atoms with Crippen LogP contribution in [0.3, 0.4) is 0 Å². The Bertz CT molecular complexity index is 1420. The van der Waals surface area contributed by atoms with Crippen LogP contribution in [0, 0.1) is 53.3 Å². The van der Waals surface area contributed by atoms with E-state index in [1.165, 1.54) is 133 Å². The minimum absolute atomic E-state index is 0.00694. The summed E-state index contributed by atoms with van der Waals surface area (Å²) in [7, 11) is 9.59. The Morgan fingerprint density at radius 1 is 0.449 bits per heavy atom. The van der Waals surface area contributed by atoms with E-state index in [-0.39, 0.29) is 19.4 Å². The van der Waals surface area contributed by atoms with Crippen molar-refractivity contribution in [2.45, 2.75) is 138 Å². The van der Waals surface area contributed by atoms with Crippen LogP contribution < -0.4 is 0 Å². The molecule has 3 aromatic rings. The number of halogens is 2. The maximum atomic E-state index is 5.55. The van der Waals surface area contributed by atoms with Gasteiger partial charge in [0.25, 0.3) is 0 Å². The first-order valence-corrected chi connectivity index (χ1v) is 23.2. The normalized spacial score (nSPS) is 45.6. The van der Waals surface area contributed by atoms with E-state index in [2.05, 4.69) is 50.8 Å². The number of hydrogen-bond donors (Lipinski definition) is 0. The molecule has 0 spiro atoms. The second-order valence-corrected chi connectivity index (χ2v) is 21.5. The van der Waals surface area contributed by atoms with E-state index < -0.39 is 0 Å². The van der Waals surface area contributed by atoms with Crippen molar-refractivity contribution < 1.29 is 13.1 Å². The van der Waals surface area contributed by atoms with Gasteiger partial charge in [-0.25, -0.2) is 14.0 Å². The molecule has 12 bridgehead atoms. The quantitative estimate of drug-likeness (QED) is 0.237. The van der Waals surface area contributed by atoms with Gasteiger partial charge in [-0.15, -0.1) is 0 Å². The van der Waals surface area contributed by atoms with Crippen LogP contribution in [-0.4, -0.2) is 29.3 Å². The standard InChI is InChI=1S/C40H52N6.2ClH.Mn/c1-4-44(41-34(1)38-16-25-7-26(17-38)9-27(8-25)18-38)37(45-5-2-35(42-45)39-19-28-10-29(20-39)12-30(11-28)21-39)46-6-3-36(43-46)40-22-31-13-32(23-40)15-33(14-31)24-40;;;/h1-6,25-33,37H,7-24H2;2*1H;/q;;;+2/p-2. The van der Waals surface area contributed by atoms with Gasteiger partial charge in [-0.1, -0.05) is 0 Å². The van der Waals surface area contributed by atoms with Crippen LogP contribution in [0.5, 0.6) is 0 Å². The summed E-state index contributed by atoms with van der Waals surface area (Å²) in [6, 6.07) is 7.19. The van der Waals surface area contributed by atoms with Gasteiger partial charge in [0.1, 0.15) is 0 Å². The fraction of sp³-hybridized carbons (Fsp3) is 0.775. The Labute approximate surface area is 306 Å². The van der Waals surface area contributed by atoms with Crippen LogP contribution in [0.15, 0.2) is 36.8 Å². The maximum Gasteiger partial charge on any atom is 0.238 e. The number of hydrogen-bond acceptors (Lipinski definition) is 3. The molecular formula is C40H52Cl2MnN6. The third kappa shape index (κ3) is 5.00. The fourth-order valence-corrected chi connectivity index (χ4v) is 15.9. The summed E-state index contributed by atoms with van der Waals surface area (Å²) in [5, 5.41) is 16.7. The van der Waals surface area contributed by atoms with Gasteiger partial charge >= 0.3 is 33.3 Å². The van der Waals surface area contributed by atoms with Crippen LogP contribution in [0.2, 0.25) is 0 Å². The van der Waals surface area contributed by atoms with Crippen molar-refractivity contribution in [2.75, 3.05) is 0 Å². The van der Waals surface area contributed by atoms with Crippen LogP contribution in [0.1, 0.15) is 139 Å². The molecule has 49 heavy (non-hydrogen) atoms. The van der Waals surface area contributed by atoms with E-state index in [0.717, 1.165) is 53.3 Å². The largest absolute Gasteiger partial charge is 0.238 e. The molecule has 12 saturated carbocycles. The second kappa shape index (κ2) is 11.4. The summed E-state index contributed by atoms with van der Waals surface area (Å²) >= 11 is 0.00694. The SMILES string of the molecule is [Cl][Mn][Cl].c1cn(C(n2ccc(C34CC5CC(CC(C5)C3)C4)n2)n2ccc(C34CC5CC(CC(C5)C3)C4)n2)nc1C12CC3CC(CC(C3)C1)C2. The second-order valence-electron chi connectivity index (χ2n) is 19.5. The van der Waals surface area contributed by atoms with Gasteiger partial charge < -0.3 is 0 Å². The van der Waals surface area contributed by atoms with Crippen LogP contribution in [-0.2, 0) is 29.4 Å². The van der Waals surface area contributed by atoms with Crippen molar-refractivity contribution in [3.63, 3.8) is 0 Å². The zero-order chi connectivity index (χ0) is 32.5. The van der Waals surface area contributed by atoms with Gasteiger partial charge in [-0.3, -0.25) is 0 Å². The van der Waals surface area contributed by atoms with Crippen LogP contribution >= 0.6 is 20.2 Å². The average molecular weight is 743 g/mol. The maximum absolute atomic E-state index is 5.55. The number of aromatic nitrogens is 6. The fourth-order valence-electron chi connectivity index (χ4n) is 15.9. The number of rotatable bonds is 6. The molecule has 3 aromatic heterocycles. The first kappa shape index (κ1) is 31.3. The predicted molar refractivity (Wildman–Crippen MR) is 188 cm³/mol. The molecule has 6 nitrogen and oxygen atoms in total. The molecule has 3 heterocycles. The van der Waals surface area contributed by atoms with E-state index >= 15 is 0 Å². The summed E-state index contributed by atoms with van der Waals surface area (Å²) < 4.78 is 6.75. The summed E-state index contributed by atoms with van der Waals surface area (Å²) in [6.45, 7) is 0. The Morgan fingerprint density at radius 3 is 0.857 bits per heavy atom.